The van der Waals surface area contributed by atoms with E-state index in [1.54, 1.807) is 18.2 Å². The summed E-state index contributed by atoms with van der Waals surface area (Å²) in [5, 5.41) is 3.10. The zero-order valence-electron chi connectivity index (χ0n) is 9.79. The Morgan fingerprint density at radius 2 is 1.83 bits per heavy atom. The van der Waals surface area contributed by atoms with Crippen molar-refractivity contribution in [2.75, 3.05) is 7.11 Å². The molecule has 0 saturated carbocycles. The third-order valence-corrected chi connectivity index (χ3v) is 2.66. The molecular weight excluding hydrogens is 277 g/mol. The average Bonchev–Trinajstić information content (AvgIpc) is 2.31. The number of esters is 1. The van der Waals surface area contributed by atoms with Crippen LogP contribution in [-0.2, 0) is 14.3 Å². The number of rotatable bonds is 3. The van der Waals surface area contributed by atoms with Crippen LogP contribution in [0.2, 0.25) is 10.0 Å². The fourth-order valence-corrected chi connectivity index (χ4v) is 1.75. The number of carbonyl (C=O) groups is 2. The zero-order valence-corrected chi connectivity index (χ0v) is 11.3. The van der Waals surface area contributed by atoms with Crippen molar-refractivity contribution in [3.63, 3.8) is 0 Å². The van der Waals surface area contributed by atoms with Gasteiger partial charge in [-0.2, -0.15) is 0 Å². The van der Waals surface area contributed by atoms with E-state index in [0.29, 0.717) is 15.6 Å². The maximum Gasteiger partial charge on any atom is 0.354 e. The Labute approximate surface area is 115 Å². The second-order valence-corrected chi connectivity index (χ2v) is 4.18. The number of nitrogens with one attached hydrogen (secondary N) is 1. The molecule has 1 amide bonds. The van der Waals surface area contributed by atoms with Crippen LogP contribution >= 0.6 is 23.2 Å². The molecule has 0 unspecified atom stereocenters. The van der Waals surface area contributed by atoms with Gasteiger partial charge in [0.05, 0.1) is 7.11 Å². The molecule has 1 N–H and O–H groups in total. The van der Waals surface area contributed by atoms with E-state index in [2.05, 4.69) is 10.1 Å². The zero-order chi connectivity index (χ0) is 13.7. The fraction of sp³-hybridized carbons (Fsp3) is 0.167. The lowest BCUT2D eigenvalue weighted by molar-refractivity contribution is -0.137. The summed E-state index contributed by atoms with van der Waals surface area (Å²) in [6.45, 7) is 1.28. The Bertz CT molecular complexity index is 492. The van der Waals surface area contributed by atoms with Gasteiger partial charge in [-0.25, -0.2) is 4.79 Å². The number of carbonyl (C=O) groups excluding carboxylic acids is 2. The lowest BCUT2D eigenvalue weighted by atomic mass is 10.2. The molecule has 0 spiro atoms. The lowest BCUT2D eigenvalue weighted by Crippen LogP contribution is -2.25. The van der Waals surface area contributed by atoms with Crippen molar-refractivity contribution in [2.45, 2.75) is 6.92 Å². The second kappa shape index (κ2) is 6.42. The van der Waals surface area contributed by atoms with E-state index in [9.17, 15) is 9.59 Å². The highest BCUT2D eigenvalue weighted by Gasteiger charge is 2.13. The molecule has 0 aliphatic rings. The SMILES string of the molecule is COC(=O)C(=Cc1c(Cl)cccc1Cl)NC(C)=O. The third-order valence-electron chi connectivity index (χ3n) is 2.00. The Morgan fingerprint density at radius 1 is 1.28 bits per heavy atom. The quantitative estimate of drug-likeness (QED) is 0.687. The van der Waals surface area contributed by atoms with E-state index in [4.69, 9.17) is 23.2 Å². The number of amides is 1. The van der Waals surface area contributed by atoms with Crippen LogP contribution in [0.15, 0.2) is 23.9 Å². The average molecular weight is 288 g/mol. The number of methoxy groups -OCH3 is 1. The van der Waals surface area contributed by atoms with Crippen LogP contribution < -0.4 is 5.32 Å². The van der Waals surface area contributed by atoms with Gasteiger partial charge in [0.2, 0.25) is 5.91 Å². The minimum Gasteiger partial charge on any atom is -0.464 e. The Hall–Kier alpha value is -1.52. The summed E-state index contributed by atoms with van der Waals surface area (Å²) in [6, 6.07) is 4.93. The van der Waals surface area contributed by atoms with Gasteiger partial charge in [0.15, 0.2) is 0 Å². The molecule has 4 nitrogen and oxygen atoms in total. The van der Waals surface area contributed by atoms with E-state index in [1.165, 1.54) is 20.1 Å². The Balaban J connectivity index is 3.23. The molecule has 0 aromatic heterocycles. The van der Waals surface area contributed by atoms with Crippen molar-refractivity contribution in [1.29, 1.82) is 0 Å². The molecule has 0 atom stereocenters. The first-order valence-electron chi connectivity index (χ1n) is 4.97. The molecule has 0 heterocycles. The summed E-state index contributed by atoms with van der Waals surface area (Å²) in [5.74, 6) is -1.07. The van der Waals surface area contributed by atoms with Crippen LogP contribution in [0, 0.1) is 0 Å². The number of hydrogen-bond acceptors (Lipinski definition) is 3. The van der Waals surface area contributed by atoms with Gasteiger partial charge < -0.3 is 10.1 Å². The number of ether oxygens (including phenoxy) is 1. The van der Waals surface area contributed by atoms with Gasteiger partial charge in [-0.3, -0.25) is 4.79 Å². The van der Waals surface area contributed by atoms with Crippen LogP contribution in [-0.4, -0.2) is 19.0 Å². The summed E-state index contributed by atoms with van der Waals surface area (Å²) in [5.41, 5.74) is 0.412. The molecule has 18 heavy (non-hydrogen) atoms. The van der Waals surface area contributed by atoms with Crippen molar-refractivity contribution in [3.8, 4) is 0 Å². The first kappa shape index (κ1) is 14.5. The van der Waals surface area contributed by atoms with E-state index in [0.717, 1.165) is 0 Å². The second-order valence-electron chi connectivity index (χ2n) is 3.37. The van der Waals surface area contributed by atoms with Crippen molar-refractivity contribution >= 4 is 41.2 Å². The highest BCUT2D eigenvalue weighted by Crippen LogP contribution is 2.26. The summed E-state index contributed by atoms with van der Waals surface area (Å²) in [4.78, 5) is 22.5. The maximum absolute atomic E-state index is 11.5. The molecule has 0 saturated heterocycles. The minimum atomic E-state index is -0.679. The normalized spacial score (nSPS) is 11.0. The molecule has 96 valence electrons. The minimum absolute atomic E-state index is 0.0278. The third kappa shape index (κ3) is 3.75. The largest absolute Gasteiger partial charge is 0.464 e. The predicted octanol–water partition coefficient (Wildman–Crippen LogP) is 2.64. The molecule has 0 aliphatic carbocycles. The molecule has 0 bridgehead atoms. The lowest BCUT2D eigenvalue weighted by Gasteiger charge is -2.07. The fourth-order valence-electron chi connectivity index (χ4n) is 1.24. The standard InChI is InChI=1S/C12H11Cl2NO3/c1-7(16)15-11(12(17)18-2)6-8-9(13)4-3-5-10(8)14/h3-6H,1-2H3,(H,15,16). The first-order chi connectivity index (χ1) is 8.45. The van der Waals surface area contributed by atoms with Gasteiger partial charge in [-0.15, -0.1) is 0 Å². The topological polar surface area (TPSA) is 55.4 Å². The number of halogens is 2. The van der Waals surface area contributed by atoms with E-state index in [-0.39, 0.29) is 5.70 Å². The van der Waals surface area contributed by atoms with E-state index < -0.39 is 11.9 Å². The predicted molar refractivity (Wildman–Crippen MR) is 70.3 cm³/mol. The molecule has 1 aromatic carbocycles. The van der Waals surface area contributed by atoms with Gasteiger partial charge >= 0.3 is 5.97 Å². The first-order valence-corrected chi connectivity index (χ1v) is 5.73. The van der Waals surface area contributed by atoms with Gasteiger partial charge in [0.25, 0.3) is 0 Å². The van der Waals surface area contributed by atoms with Crippen molar-refractivity contribution in [3.05, 3.63) is 39.5 Å². The smallest absolute Gasteiger partial charge is 0.354 e. The highest BCUT2D eigenvalue weighted by atomic mass is 35.5. The van der Waals surface area contributed by atoms with E-state index >= 15 is 0 Å². The van der Waals surface area contributed by atoms with Gasteiger partial charge in [-0.1, -0.05) is 29.3 Å². The summed E-state index contributed by atoms with van der Waals surface area (Å²) in [7, 11) is 1.21. The van der Waals surface area contributed by atoms with Crippen molar-refractivity contribution in [1.82, 2.24) is 5.32 Å². The van der Waals surface area contributed by atoms with Crippen LogP contribution in [0.5, 0.6) is 0 Å². The summed E-state index contributed by atoms with van der Waals surface area (Å²) >= 11 is 11.9. The van der Waals surface area contributed by atoms with E-state index in [1.807, 2.05) is 0 Å². The molecular formula is C12H11Cl2NO3. The van der Waals surface area contributed by atoms with Crippen molar-refractivity contribution in [2.24, 2.45) is 0 Å². The summed E-state index contributed by atoms with van der Waals surface area (Å²) in [6.07, 6.45) is 1.37. The Kier molecular flexibility index (Phi) is 5.19. The number of benzene rings is 1. The monoisotopic (exact) mass is 287 g/mol. The van der Waals surface area contributed by atoms with Crippen LogP contribution in [0.4, 0.5) is 0 Å². The molecule has 6 heteroatoms. The maximum atomic E-state index is 11.5. The molecule has 1 rings (SSSR count). The molecule has 0 aliphatic heterocycles. The van der Waals surface area contributed by atoms with Gasteiger partial charge in [0, 0.05) is 22.5 Å². The van der Waals surface area contributed by atoms with Gasteiger partial charge in [0.1, 0.15) is 5.70 Å². The molecule has 0 radical (unpaired) electrons. The number of hydrogen-bond donors (Lipinski definition) is 1. The highest BCUT2D eigenvalue weighted by molar-refractivity contribution is 6.37. The van der Waals surface area contributed by atoms with Crippen molar-refractivity contribution < 1.29 is 14.3 Å². The molecule has 1 aromatic rings. The molecule has 0 fully saturated rings. The van der Waals surface area contributed by atoms with Crippen LogP contribution in [0.1, 0.15) is 12.5 Å². The Morgan fingerprint density at radius 3 is 2.28 bits per heavy atom. The summed E-state index contributed by atoms with van der Waals surface area (Å²) < 4.78 is 4.56. The van der Waals surface area contributed by atoms with Gasteiger partial charge in [-0.05, 0) is 18.2 Å². The van der Waals surface area contributed by atoms with Crippen LogP contribution in [0.3, 0.4) is 0 Å². The van der Waals surface area contributed by atoms with Crippen LogP contribution in [0.25, 0.3) is 6.08 Å².